The van der Waals surface area contributed by atoms with Crippen LogP contribution < -0.4 is 14.4 Å². The van der Waals surface area contributed by atoms with Gasteiger partial charge in [0, 0.05) is 33.4 Å². The number of nitrogens with zero attached hydrogens (tertiary/aromatic N) is 4. The summed E-state index contributed by atoms with van der Waals surface area (Å²) in [5, 5.41) is 2.41. The Morgan fingerprint density at radius 3 is 1.56 bits per heavy atom. The molecule has 0 bridgehead atoms. The lowest BCUT2D eigenvalue weighted by atomic mass is 9.99. The summed E-state index contributed by atoms with van der Waals surface area (Å²) in [6.07, 6.45) is 0. The summed E-state index contributed by atoms with van der Waals surface area (Å²) in [5.74, 6) is 1.67. The first-order valence-electron chi connectivity index (χ1n) is 18.8. The van der Waals surface area contributed by atoms with Gasteiger partial charge in [0.1, 0.15) is 22.5 Å². The highest BCUT2D eigenvalue weighted by atomic mass is 32.1. The molecule has 57 heavy (non-hydrogen) atoms. The van der Waals surface area contributed by atoms with Crippen molar-refractivity contribution in [3.05, 3.63) is 182 Å². The molecule has 2 heterocycles. The second-order valence-corrected chi connectivity index (χ2v) is 14.4. The summed E-state index contributed by atoms with van der Waals surface area (Å²) in [5.41, 5.74) is 14.8. The molecule has 0 radical (unpaired) electrons. The molecule has 0 atom stereocenters. The second kappa shape index (κ2) is 14.5. The topological polar surface area (TPSA) is 52.4 Å². The fourth-order valence-electron chi connectivity index (χ4n) is 7.86. The van der Waals surface area contributed by atoms with Crippen LogP contribution in [-0.2, 0) is 0 Å². The SMILES string of the molecule is COc1ccc(-c2ccc(N(c3ccc(-c4ccc(OC)cc4)cc3)c3ccc(-c4ccc5c(c4)c4ccccc4n5-c4ccccc4)c4nsnc34)cc2)cc1. The van der Waals surface area contributed by atoms with Crippen molar-refractivity contribution in [2.24, 2.45) is 0 Å². The van der Waals surface area contributed by atoms with Gasteiger partial charge in [-0.3, -0.25) is 0 Å². The van der Waals surface area contributed by atoms with Crippen LogP contribution in [0.15, 0.2) is 182 Å². The molecule has 0 N–H and O–H groups in total. The minimum Gasteiger partial charge on any atom is -0.497 e. The molecule has 8 aromatic carbocycles. The standard InChI is InChI=1S/C50H36N4O2S/c1-55-41-25-16-35(17-26-41)33-12-21-39(22-13-33)53(40-23-14-34(15-24-40)36-18-27-42(56-2)28-19-36)48-31-29-43(49-50(48)52-57-51-49)37-20-30-47-45(32-37)44-10-6-7-11-46(44)54(47)38-8-4-3-5-9-38/h3-32H,1-2H3. The third-order valence-corrected chi connectivity index (χ3v) is 11.3. The van der Waals surface area contributed by atoms with Crippen LogP contribution in [0.25, 0.3) is 71.9 Å². The van der Waals surface area contributed by atoms with Gasteiger partial charge in [0.25, 0.3) is 0 Å². The first-order valence-corrected chi connectivity index (χ1v) is 19.5. The Morgan fingerprint density at radius 2 is 0.965 bits per heavy atom. The summed E-state index contributed by atoms with van der Waals surface area (Å²) >= 11 is 1.25. The smallest absolute Gasteiger partial charge is 0.129 e. The Morgan fingerprint density at radius 1 is 0.456 bits per heavy atom. The number of para-hydroxylation sites is 2. The van der Waals surface area contributed by atoms with E-state index in [1.165, 1.54) is 28.0 Å². The number of anilines is 3. The van der Waals surface area contributed by atoms with Gasteiger partial charge in [-0.15, -0.1) is 0 Å². The van der Waals surface area contributed by atoms with Gasteiger partial charge in [0.2, 0.25) is 0 Å². The fourth-order valence-corrected chi connectivity index (χ4v) is 8.43. The van der Waals surface area contributed by atoms with Crippen molar-refractivity contribution in [2.45, 2.75) is 0 Å². The fraction of sp³-hybridized carbons (Fsp3) is 0.0400. The van der Waals surface area contributed by atoms with Gasteiger partial charge in [0.05, 0.1) is 42.7 Å². The van der Waals surface area contributed by atoms with Crippen LogP contribution in [0.2, 0.25) is 0 Å². The number of methoxy groups -OCH3 is 2. The summed E-state index contributed by atoms with van der Waals surface area (Å²) < 4.78 is 23.0. The van der Waals surface area contributed by atoms with Crippen LogP contribution in [0.3, 0.4) is 0 Å². The summed E-state index contributed by atoms with van der Waals surface area (Å²) in [7, 11) is 3.38. The minimum atomic E-state index is 0.836. The van der Waals surface area contributed by atoms with Crippen molar-refractivity contribution in [2.75, 3.05) is 19.1 Å². The Balaban J connectivity index is 1.09. The molecular formula is C50H36N4O2S. The van der Waals surface area contributed by atoms with Crippen LogP contribution in [0.4, 0.5) is 17.1 Å². The zero-order valence-electron chi connectivity index (χ0n) is 31.3. The number of hydrogen-bond acceptors (Lipinski definition) is 6. The number of rotatable bonds is 9. The second-order valence-electron chi connectivity index (χ2n) is 13.9. The molecule has 6 nitrogen and oxygen atoms in total. The molecule has 0 unspecified atom stereocenters. The molecular weight excluding hydrogens is 721 g/mol. The van der Waals surface area contributed by atoms with E-state index in [1.54, 1.807) is 14.2 Å². The molecule has 0 spiro atoms. The normalized spacial score (nSPS) is 11.3. The Hall–Kier alpha value is -7.22. The van der Waals surface area contributed by atoms with Gasteiger partial charge in [-0.25, -0.2) is 0 Å². The van der Waals surface area contributed by atoms with Crippen LogP contribution in [0.5, 0.6) is 11.5 Å². The van der Waals surface area contributed by atoms with Crippen LogP contribution in [-0.4, -0.2) is 27.5 Å². The predicted octanol–water partition coefficient (Wildman–Crippen LogP) is 13.3. The Labute approximate surface area is 334 Å². The molecule has 0 aliphatic carbocycles. The third kappa shape index (κ3) is 6.15. The lowest BCUT2D eigenvalue weighted by Crippen LogP contribution is -2.10. The van der Waals surface area contributed by atoms with Crippen molar-refractivity contribution < 1.29 is 9.47 Å². The van der Waals surface area contributed by atoms with E-state index >= 15 is 0 Å². The van der Waals surface area contributed by atoms with E-state index in [4.69, 9.17) is 18.2 Å². The van der Waals surface area contributed by atoms with Gasteiger partial charge in [-0.1, -0.05) is 91.0 Å². The van der Waals surface area contributed by atoms with Gasteiger partial charge in [-0.2, -0.15) is 8.75 Å². The van der Waals surface area contributed by atoms with Crippen LogP contribution in [0.1, 0.15) is 0 Å². The van der Waals surface area contributed by atoms with E-state index in [1.807, 2.05) is 24.3 Å². The van der Waals surface area contributed by atoms with E-state index in [0.29, 0.717) is 0 Å². The Bertz CT molecular complexity index is 2920. The summed E-state index contributed by atoms with van der Waals surface area (Å²) in [6, 6.07) is 64.0. The molecule has 0 amide bonds. The van der Waals surface area contributed by atoms with Gasteiger partial charge in [0.15, 0.2) is 0 Å². The molecule has 10 rings (SSSR count). The highest BCUT2D eigenvalue weighted by Gasteiger charge is 2.21. The molecule has 0 aliphatic rings. The molecule has 0 saturated carbocycles. The number of fused-ring (bicyclic) bond motifs is 4. The molecule has 2 aromatic heterocycles. The number of hydrogen-bond donors (Lipinski definition) is 0. The minimum absolute atomic E-state index is 0.836. The van der Waals surface area contributed by atoms with Gasteiger partial charge in [-0.05, 0) is 119 Å². The molecule has 7 heteroatoms. The van der Waals surface area contributed by atoms with E-state index < -0.39 is 0 Å². The maximum atomic E-state index is 5.40. The number of ether oxygens (including phenoxy) is 2. The van der Waals surface area contributed by atoms with E-state index in [-0.39, 0.29) is 0 Å². The zero-order valence-corrected chi connectivity index (χ0v) is 32.2. The highest BCUT2D eigenvalue weighted by Crippen LogP contribution is 2.43. The monoisotopic (exact) mass is 756 g/mol. The van der Waals surface area contributed by atoms with Crippen molar-refractivity contribution in [3.63, 3.8) is 0 Å². The van der Waals surface area contributed by atoms with Crippen molar-refractivity contribution in [1.82, 2.24) is 13.3 Å². The first kappa shape index (κ1) is 34.3. The van der Waals surface area contributed by atoms with Crippen molar-refractivity contribution >= 4 is 61.6 Å². The molecule has 0 aliphatic heterocycles. The zero-order chi connectivity index (χ0) is 38.3. The van der Waals surface area contributed by atoms with E-state index in [0.717, 1.165) is 84.2 Å². The van der Waals surface area contributed by atoms with E-state index in [2.05, 4.69) is 167 Å². The molecule has 0 saturated heterocycles. The van der Waals surface area contributed by atoms with Gasteiger partial charge < -0.3 is 18.9 Å². The summed E-state index contributed by atoms with van der Waals surface area (Å²) in [4.78, 5) is 2.28. The van der Waals surface area contributed by atoms with Crippen LogP contribution >= 0.6 is 11.7 Å². The molecule has 10 aromatic rings. The average molecular weight is 757 g/mol. The number of benzene rings is 8. The predicted molar refractivity (Wildman–Crippen MR) is 236 cm³/mol. The number of aromatic nitrogens is 3. The quantitative estimate of drug-likeness (QED) is 0.147. The first-order chi connectivity index (χ1) is 28.2. The lowest BCUT2D eigenvalue weighted by molar-refractivity contribution is 0.415. The lowest BCUT2D eigenvalue weighted by Gasteiger charge is -2.26. The molecule has 274 valence electrons. The average Bonchev–Trinajstić information content (AvgIpc) is 3.91. The maximum Gasteiger partial charge on any atom is 0.129 e. The van der Waals surface area contributed by atoms with Crippen LogP contribution in [0, 0.1) is 0 Å². The summed E-state index contributed by atoms with van der Waals surface area (Å²) in [6.45, 7) is 0. The Kier molecular flexibility index (Phi) is 8.69. The molecule has 0 fully saturated rings. The van der Waals surface area contributed by atoms with E-state index in [9.17, 15) is 0 Å². The highest BCUT2D eigenvalue weighted by molar-refractivity contribution is 7.00. The maximum absolute atomic E-state index is 5.40. The van der Waals surface area contributed by atoms with Crippen molar-refractivity contribution in [3.8, 4) is 50.6 Å². The largest absolute Gasteiger partial charge is 0.497 e. The third-order valence-electron chi connectivity index (χ3n) is 10.7. The van der Waals surface area contributed by atoms with Crippen molar-refractivity contribution in [1.29, 1.82) is 0 Å². The van der Waals surface area contributed by atoms with Gasteiger partial charge >= 0.3 is 0 Å².